The summed E-state index contributed by atoms with van der Waals surface area (Å²) in [5.41, 5.74) is 6.68. The molecule has 0 radical (unpaired) electrons. The van der Waals surface area contributed by atoms with Crippen molar-refractivity contribution in [1.82, 2.24) is 15.0 Å². The topological polar surface area (TPSA) is 89.2 Å². The van der Waals surface area contributed by atoms with Crippen LogP contribution >= 0.6 is 11.3 Å². The van der Waals surface area contributed by atoms with Crippen molar-refractivity contribution in [3.05, 3.63) is 17.9 Å². The molecule has 0 spiro atoms. The van der Waals surface area contributed by atoms with Crippen LogP contribution in [0.3, 0.4) is 0 Å². The first-order valence-corrected chi connectivity index (χ1v) is 6.82. The number of hydrogen-bond donors (Lipinski definition) is 2. The lowest BCUT2D eigenvalue weighted by Gasteiger charge is -2.28. The lowest BCUT2D eigenvalue weighted by molar-refractivity contribution is 0.122. The van der Waals surface area contributed by atoms with E-state index in [0.29, 0.717) is 24.7 Å². The smallest absolute Gasteiger partial charge is 0.188 e. The highest BCUT2D eigenvalue weighted by Crippen LogP contribution is 2.29. The minimum Gasteiger partial charge on any atom is -0.393 e. The highest BCUT2D eigenvalue weighted by Gasteiger charge is 2.17. The summed E-state index contributed by atoms with van der Waals surface area (Å²) < 4.78 is 5.33. The molecule has 19 heavy (non-hydrogen) atoms. The quantitative estimate of drug-likeness (QED) is 0.868. The lowest BCUT2D eigenvalue weighted by Crippen LogP contribution is -2.37. The van der Waals surface area contributed by atoms with Crippen LogP contribution in [0, 0.1) is 0 Å². The Morgan fingerprint density at radius 2 is 2.11 bits per heavy atom. The van der Waals surface area contributed by atoms with Crippen molar-refractivity contribution in [2.75, 3.05) is 42.3 Å². The first kappa shape index (κ1) is 12.1. The third-order valence-corrected chi connectivity index (χ3v) is 3.52. The van der Waals surface area contributed by atoms with Gasteiger partial charge in [0.25, 0.3) is 0 Å². The van der Waals surface area contributed by atoms with Gasteiger partial charge in [0.1, 0.15) is 12.0 Å². The Balaban J connectivity index is 1.85. The molecule has 2 aromatic heterocycles. The summed E-state index contributed by atoms with van der Waals surface area (Å²) in [7, 11) is 0. The monoisotopic (exact) mass is 278 g/mol. The van der Waals surface area contributed by atoms with Crippen LogP contribution in [0.4, 0.5) is 22.5 Å². The van der Waals surface area contributed by atoms with Crippen LogP contribution in [0.25, 0.3) is 0 Å². The molecule has 8 heteroatoms. The largest absolute Gasteiger partial charge is 0.393 e. The fraction of sp³-hybridized carbons (Fsp3) is 0.364. The Kier molecular flexibility index (Phi) is 3.43. The van der Waals surface area contributed by atoms with E-state index in [-0.39, 0.29) is 0 Å². The number of anilines is 4. The number of nitrogens with one attached hydrogen (secondary N) is 1. The summed E-state index contributed by atoms with van der Waals surface area (Å²) in [6, 6.07) is 0. The number of ether oxygens (including phenoxy) is 1. The molecule has 1 fully saturated rings. The van der Waals surface area contributed by atoms with Gasteiger partial charge in [-0.05, 0) is 0 Å². The molecule has 3 N–H and O–H groups in total. The maximum atomic E-state index is 6.14. The van der Waals surface area contributed by atoms with Crippen LogP contribution < -0.4 is 16.0 Å². The Morgan fingerprint density at radius 3 is 2.84 bits per heavy atom. The van der Waals surface area contributed by atoms with Gasteiger partial charge in [-0.1, -0.05) is 0 Å². The maximum absolute atomic E-state index is 6.14. The molecule has 0 amide bonds. The number of hydrogen-bond acceptors (Lipinski definition) is 8. The first-order valence-electron chi connectivity index (χ1n) is 5.94. The molecule has 0 aromatic carbocycles. The second-order valence-corrected chi connectivity index (χ2v) is 4.92. The molecule has 0 saturated carbocycles. The van der Waals surface area contributed by atoms with Gasteiger partial charge in [-0.25, -0.2) is 15.0 Å². The number of nitrogen functional groups attached to an aromatic ring is 1. The average Bonchev–Trinajstić information content (AvgIpc) is 2.95. The molecule has 0 bridgehead atoms. The summed E-state index contributed by atoms with van der Waals surface area (Å²) in [4.78, 5) is 14.7. The standard InChI is InChI=1S/C11H14N6OS/c12-8-9(16-11-13-1-6-19-11)14-7-15-10(8)17-2-4-18-5-3-17/h1,6-7H,2-5,12H2,(H,13,14,15,16). The molecule has 7 nitrogen and oxygen atoms in total. The second kappa shape index (κ2) is 5.37. The van der Waals surface area contributed by atoms with E-state index in [9.17, 15) is 0 Å². The number of rotatable bonds is 3. The maximum Gasteiger partial charge on any atom is 0.188 e. The van der Waals surface area contributed by atoms with E-state index >= 15 is 0 Å². The van der Waals surface area contributed by atoms with Crippen LogP contribution in [0.15, 0.2) is 17.9 Å². The Morgan fingerprint density at radius 1 is 1.26 bits per heavy atom. The average molecular weight is 278 g/mol. The van der Waals surface area contributed by atoms with Crippen molar-refractivity contribution in [3.63, 3.8) is 0 Å². The predicted octanol–water partition coefficient (Wildman–Crippen LogP) is 1.10. The molecular formula is C11H14N6OS. The molecule has 0 atom stereocenters. The van der Waals surface area contributed by atoms with Gasteiger partial charge in [-0.15, -0.1) is 11.3 Å². The minimum atomic E-state index is 0.541. The highest BCUT2D eigenvalue weighted by molar-refractivity contribution is 7.13. The molecule has 1 aliphatic heterocycles. The van der Waals surface area contributed by atoms with Crippen LogP contribution in [0.2, 0.25) is 0 Å². The molecule has 2 aromatic rings. The summed E-state index contributed by atoms with van der Waals surface area (Å²) in [6.07, 6.45) is 3.24. The fourth-order valence-corrected chi connectivity index (χ4v) is 2.43. The van der Waals surface area contributed by atoms with Crippen molar-refractivity contribution < 1.29 is 4.74 Å². The number of nitrogens with zero attached hydrogens (tertiary/aromatic N) is 4. The second-order valence-electron chi connectivity index (χ2n) is 4.02. The summed E-state index contributed by atoms with van der Waals surface area (Å²) in [6.45, 7) is 2.97. The normalized spacial score (nSPS) is 15.5. The Hall–Kier alpha value is -1.93. The number of aromatic nitrogens is 3. The summed E-state index contributed by atoms with van der Waals surface area (Å²) in [5.74, 6) is 1.34. The zero-order valence-electron chi connectivity index (χ0n) is 10.2. The van der Waals surface area contributed by atoms with Crippen molar-refractivity contribution >= 4 is 33.8 Å². The molecular weight excluding hydrogens is 264 g/mol. The minimum absolute atomic E-state index is 0.541. The van der Waals surface area contributed by atoms with Gasteiger partial charge >= 0.3 is 0 Å². The van der Waals surface area contributed by atoms with Crippen molar-refractivity contribution in [2.45, 2.75) is 0 Å². The van der Waals surface area contributed by atoms with E-state index in [1.54, 1.807) is 6.20 Å². The third kappa shape index (κ3) is 2.59. The highest BCUT2D eigenvalue weighted by atomic mass is 32.1. The zero-order chi connectivity index (χ0) is 13.1. The van der Waals surface area contributed by atoms with Crippen LogP contribution in [-0.2, 0) is 4.74 Å². The molecule has 1 aliphatic rings. The van der Waals surface area contributed by atoms with Gasteiger partial charge in [0.15, 0.2) is 16.8 Å². The van der Waals surface area contributed by atoms with E-state index in [0.717, 1.165) is 24.0 Å². The van der Waals surface area contributed by atoms with E-state index < -0.39 is 0 Å². The molecule has 1 saturated heterocycles. The fourth-order valence-electron chi connectivity index (χ4n) is 1.90. The predicted molar refractivity (Wildman–Crippen MR) is 74.9 cm³/mol. The number of thiazole rings is 1. The van der Waals surface area contributed by atoms with E-state index in [2.05, 4.69) is 25.2 Å². The van der Waals surface area contributed by atoms with Gasteiger partial charge in [-0.3, -0.25) is 0 Å². The van der Waals surface area contributed by atoms with E-state index in [1.807, 2.05) is 5.38 Å². The zero-order valence-corrected chi connectivity index (χ0v) is 11.1. The number of morpholine rings is 1. The van der Waals surface area contributed by atoms with Gasteiger partial charge in [0.2, 0.25) is 0 Å². The Labute approximate surface area is 114 Å². The van der Waals surface area contributed by atoms with Crippen LogP contribution in [0.5, 0.6) is 0 Å². The molecule has 0 aliphatic carbocycles. The summed E-state index contributed by atoms with van der Waals surface area (Å²) in [5, 5.41) is 5.76. The Bertz CT molecular complexity index is 540. The van der Waals surface area contributed by atoms with E-state index in [1.165, 1.54) is 17.7 Å². The first-order chi connectivity index (χ1) is 9.34. The van der Waals surface area contributed by atoms with Gasteiger partial charge in [0, 0.05) is 24.7 Å². The van der Waals surface area contributed by atoms with E-state index in [4.69, 9.17) is 10.5 Å². The molecule has 100 valence electrons. The van der Waals surface area contributed by atoms with Gasteiger partial charge in [-0.2, -0.15) is 0 Å². The van der Waals surface area contributed by atoms with Gasteiger partial charge < -0.3 is 20.7 Å². The van der Waals surface area contributed by atoms with Crippen LogP contribution in [0.1, 0.15) is 0 Å². The van der Waals surface area contributed by atoms with Crippen molar-refractivity contribution in [3.8, 4) is 0 Å². The molecule has 0 unspecified atom stereocenters. The number of nitrogens with two attached hydrogens (primary N) is 1. The van der Waals surface area contributed by atoms with Crippen molar-refractivity contribution in [2.24, 2.45) is 0 Å². The summed E-state index contributed by atoms with van der Waals surface area (Å²) >= 11 is 1.50. The SMILES string of the molecule is Nc1c(Nc2nccs2)ncnc1N1CCOCC1. The van der Waals surface area contributed by atoms with Crippen molar-refractivity contribution in [1.29, 1.82) is 0 Å². The van der Waals surface area contributed by atoms with Crippen LogP contribution in [-0.4, -0.2) is 41.3 Å². The molecule has 3 rings (SSSR count). The third-order valence-electron chi connectivity index (χ3n) is 2.83. The van der Waals surface area contributed by atoms with Gasteiger partial charge in [0.05, 0.1) is 13.2 Å². The molecule has 3 heterocycles. The lowest BCUT2D eigenvalue weighted by atomic mass is 10.3.